The van der Waals surface area contributed by atoms with Crippen molar-refractivity contribution >= 4 is 11.6 Å². The van der Waals surface area contributed by atoms with Crippen LogP contribution in [0.5, 0.6) is 17.4 Å². The molecule has 0 atom stereocenters. The van der Waals surface area contributed by atoms with Gasteiger partial charge in [-0.3, -0.25) is 4.79 Å². The molecule has 0 spiro atoms. The van der Waals surface area contributed by atoms with Crippen LogP contribution in [0.1, 0.15) is 10.6 Å². The molecule has 1 amide bonds. The second-order valence-electron chi connectivity index (χ2n) is 6.63. The molecule has 1 aromatic heterocycles. The van der Waals surface area contributed by atoms with E-state index in [-0.39, 0.29) is 17.6 Å². The molecule has 0 unspecified atom stereocenters. The third kappa shape index (κ3) is 4.18. The van der Waals surface area contributed by atoms with Gasteiger partial charge in [-0.15, -0.1) is 0 Å². The van der Waals surface area contributed by atoms with Crippen LogP contribution in [-0.4, -0.2) is 44.1 Å². The fraction of sp³-hybridized carbons (Fsp3) is 0.227. The maximum absolute atomic E-state index is 13.3. The summed E-state index contributed by atoms with van der Waals surface area (Å²) in [6.45, 7) is 2.52. The highest BCUT2D eigenvalue weighted by Gasteiger charge is 2.25. The average Bonchev–Trinajstić information content (AvgIpc) is 3.22. The van der Waals surface area contributed by atoms with Crippen molar-refractivity contribution in [1.82, 2.24) is 4.90 Å². The first-order valence-electron chi connectivity index (χ1n) is 9.34. The van der Waals surface area contributed by atoms with Crippen molar-refractivity contribution < 1.29 is 23.1 Å². The summed E-state index contributed by atoms with van der Waals surface area (Å²) in [5, 5.41) is 0. The highest BCUT2D eigenvalue weighted by atomic mass is 19.1. The van der Waals surface area contributed by atoms with Crippen LogP contribution in [0.15, 0.2) is 65.1 Å². The molecule has 7 heteroatoms. The van der Waals surface area contributed by atoms with Gasteiger partial charge < -0.3 is 23.7 Å². The van der Waals surface area contributed by atoms with Crippen LogP contribution in [0.2, 0.25) is 0 Å². The molecule has 4 rings (SSSR count). The molecular formula is C22H21FN2O4. The minimum Gasteiger partial charge on any atom is -0.495 e. The number of hydrogen-bond donors (Lipinski definition) is 0. The Morgan fingerprint density at radius 1 is 1.00 bits per heavy atom. The van der Waals surface area contributed by atoms with Crippen molar-refractivity contribution in [3.63, 3.8) is 0 Å². The first kappa shape index (κ1) is 18.9. The number of methoxy groups -OCH3 is 1. The number of hydrogen-bond acceptors (Lipinski definition) is 5. The maximum atomic E-state index is 13.3. The molecule has 29 heavy (non-hydrogen) atoms. The number of carbonyl (C=O) groups is 1. The Hall–Kier alpha value is -3.48. The highest BCUT2D eigenvalue weighted by molar-refractivity contribution is 5.91. The van der Waals surface area contributed by atoms with Crippen LogP contribution < -0.4 is 14.4 Å². The van der Waals surface area contributed by atoms with Gasteiger partial charge in [0.05, 0.1) is 12.8 Å². The van der Waals surface area contributed by atoms with Crippen LogP contribution in [0, 0.1) is 5.82 Å². The summed E-state index contributed by atoms with van der Waals surface area (Å²) in [5.41, 5.74) is 1.02. The molecule has 2 aromatic carbocycles. The van der Waals surface area contributed by atoms with Gasteiger partial charge in [0.25, 0.3) is 11.9 Å². The third-order valence-electron chi connectivity index (χ3n) is 4.80. The topological polar surface area (TPSA) is 55.2 Å². The monoisotopic (exact) mass is 396 g/mol. The van der Waals surface area contributed by atoms with E-state index in [4.69, 9.17) is 13.9 Å². The van der Waals surface area contributed by atoms with E-state index in [0.717, 1.165) is 11.4 Å². The summed E-state index contributed by atoms with van der Waals surface area (Å²) in [5.74, 6) is 0.868. The van der Waals surface area contributed by atoms with Crippen LogP contribution in [-0.2, 0) is 0 Å². The summed E-state index contributed by atoms with van der Waals surface area (Å²) in [6, 6.07) is 16.7. The molecule has 0 N–H and O–H groups in total. The molecule has 0 aliphatic carbocycles. The summed E-state index contributed by atoms with van der Waals surface area (Å²) in [7, 11) is 1.65. The Morgan fingerprint density at radius 3 is 2.55 bits per heavy atom. The lowest BCUT2D eigenvalue weighted by atomic mass is 10.2. The van der Waals surface area contributed by atoms with Crippen LogP contribution in [0.25, 0.3) is 0 Å². The summed E-state index contributed by atoms with van der Waals surface area (Å²) < 4.78 is 29.7. The van der Waals surface area contributed by atoms with Gasteiger partial charge in [-0.05, 0) is 30.3 Å². The van der Waals surface area contributed by atoms with Gasteiger partial charge in [0.15, 0.2) is 5.76 Å². The predicted octanol–water partition coefficient (Wildman–Crippen LogP) is 4.18. The fourth-order valence-corrected chi connectivity index (χ4v) is 3.33. The molecule has 3 aromatic rings. The quantitative estimate of drug-likeness (QED) is 0.648. The second-order valence-corrected chi connectivity index (χ2v) is 6.63. The third-order valence-corrected chi connectivity index (χ3v) is 4.80. The van der Waals surface area contributed by atoms with Crippen molar-refractivity contribution in [2.45, 2.75) is 0 Å². The van der Waals surface area contributed by atoms with Gasteiger partial charge in [0.2, 0.25) is 0 Å². The normalized spacial score (nSPS) is 14.0. The molecule has 1 aliphatic rings. The van der Waals surface area contributed by atoms with E-state index in [1.165, 1.54) is 12.1 Å². The van der Waals surface area contributed by atoms with Gasteiger partial charge >= 0.3 is 0 Å². The number of furan rings is 1. The lowest BCUT2D eigenvalue weighted by Gasteiger charge is -2.36. The SMILES string of the molecule is COc1ccccc1N1CCN(C(=O)c2ccc(Oc3cccc(F)c3)o2)CC1. The van der Waals surface area contributed by atoms with Crippen LogP contribution in [0.3, 0.4) is 0 Å². The van der Waals surface area contributed by atoms with Crippen LogP contribution in [0.4, 0.5) is 10.1 Å². The van der Waals surface area contributed by atoms with Gasteiger partial charge in [-0.2, -0.15) is 0 Å². The zero-order valence-corrected chi connectivity index (χ0v) is 16.0. The molecule has 2 heterocycles. The van der Waals surface area contributed by atoms with Gasteiger partial charge in [-0.25, -0.2) is 4.39 Å². The maximum Gasteiger partial charge on any atom is 0.290 e. The number of carbonyl (C=O) groups excluding carboxylic acids is 1. The number of halogens is 1. The van der Waals surface area contributed by atoms with Crippen molar-refractivity contribution in [1.29, 1.82) is 0 Å². The molecule has 1 fully saturated rings. The van der Waals surface area contributed by atoms with Crippen molar-refractivity contribution in [2.24, 2.45) is 0 Å². The average molecular weight is 396 g/mol. The lowest BCUT2D eigenvalue weighted by molar-refractivity contribution is 0.0709. The van der Waals surface area contributed by atoms with E-state index < -0.39 is 5.82 Å². The summed E-state index contributed by atoms with van der Waals surface area (Å²) >= 11 is 0. The zero-order chi connectivity index (χ0) is 20.2. The largest absolute Gasteiger partial charge is 0.495 e. The van der Waals surface area contributed by atoms with Crippen molar-refractivity contribution in [3.8, 4) is 17.4 Å². The number of para-hydroxylation sites is 2. The molecule has 1 aliphatic heterocycles. The Bertz CT molecular complexity index is 996. The summed E-state index contributed by atoms with van der Waals surface area (Å²) in [4.78, 5) is 16.7. The number of ether oxygens (including phenoxy) is 2. The van der Waals surface area contributed by atoms with E-state index >= 15 is 0 Å². The summed E-state index contributed by atoms with van der Waals surface area (Å²) in [6.07, 6.45) is 0. The first-order chi connectivity index (χ1) is 14.1. The minimum atomic E-state index is -0.404. The van der Waals surface area contributed by atoms with E-state index in [9.17, 15) is 9.18 Å². The molecule has 0 radical (unpaired) electrons. The number of nitrogens with zero attached hydrogens (tertiary/aromatic N) is 2. The van der Waals surface area contributed by atoms with Crippen molar-refractivity contribution in [3.05, 3.63) is 72.2 Å². The van der Waals surface area contributed by atoms with Gasteiger partial charge in [0, 0.05) is 38.3 Å². The van der Waals surface area contributed by atoms with E-state index in [2.05, 4.69) is 4.90 Å². The number of benzene rings is 2. The van der Waals surface area contributed by atoms with E-state index in [0.29, 0.717) is 31.9 Å². The van der Waals surface area contributed by atoms with Crippen LogP contribution >= 0.6 is 0 Å². The Balaban J connectivity index is 1.38. The Labute approximate surface area is 168 Å². The number of rotatable bonds is 5. The molecule has 1 saturated heterocycles. The van der Waals surface area contributed by atoms with Crippen molar-refractivity contribution in [2.75, 3.05) is 38.2 Å². The van der Waals surface area contributed by atoms with Gasteiger partial charge in [0.1, 0.15) is 17.3 Å². The second kappa shape index (κ2) is 8.26. The highest BCUT2D eigenvalue weighted by Crippen LogP contribution is 2.29. The van der Waals surface area contributed by atoms with Gasteiger partial charge in [-0.1, -0.05) is 18.2 Å². The number of piperazine rings is 1. The molecule has 0 bridgehead atoms. The fourth-order valence-electron chi connectivity index (χ4n) is 3.33. The Kier molecular flexibility index (Phi) is 5.37. The Morgan fingerprint density at radius 2 is 1.79 bits per heavy atom. The number of anilines is 1. The molecule has 0 saturated carbocycles. The zero-order valence-electron chi connectivity index (χ0n) is 16.0. The smallest absolute Gasteiger partial charge is 0.290 e. The molecule has 150 valence electrons. The first-order valence-corrected chi connectivity index (χ1v) is 9.34. The number of amides is 1. The predicted molar refractivity (Wildman–Crippen MR) is 106 cm³/mol. The standard InChI is InChI=1S/C22H21FN2O4/c1-27-19-8-3-2-7-18(19)24-11-13-25(14-12-24)22(26)20-9-10-21(29-20)28-17-6-4-5-16(23)15-17/h2-10,15H,11-14H2,1H3. The lowest BCUT2D eigenvalue weighted by Crippen LogP contribution is -2.48. The van der Waals surface area contributed by atoms with E-state index in [1.54, 1.807) is 36.3 Å². The molecular weight excluding hydrogens is 375 g/mol. The minimum absolute atomic E-state index is 0.145. The van der Waals surface area contributed by atoms with E-state index in [1.807, 2.05) is 24.3 Å². The molecule has 6 nitrogen and oxygen atoms in total.